The third-order valence-electron chi connectivity index (χ3n) is 3.23. The molecule has 0 atom stereocenters. The van der Waals surface area contributed by atoms with Gasteiger partial charge in [-0.2, -0.15) is 0 Å². The van der Waals surface area contributed by atoms with Gasteiger partial charge < -0.3 is 15.2 Å². The van der Waals surface area contributed by atoms with Crippen LogP contribution in [0.3, 0.4) is 0 Å². The minimum absolute atomic E-state index is 0.312. The summed E-state index contributed by atoms with van der Waals surface area (Å²) in [7, 11) is 0. The Balaban J connectivity index is 1.83. The van der Waals surface area contributed by atoms with Gasteiger partial charge in [-0.05, 0) is 25.0 Å². The topological polar surface area (TPSA) is 44.5 Å². The lowest BCUT2D eigenvalue weighted by Gasteiger charge is -2.33. The average Bonchev–Trinajstić information content (AvgIpc) is 2.61. The van der Waals surface area contributed by atoms with E-state index in [1.165, 1.54) is 0 Å². The van der Waals surface area contributed by atoms with Crippen LogP contribution < -0.4 is 15.2 Å². The Labute approximate surface area is 89.2 Å². The van der Waals surface area contributed by atoms with E-state index >= 15 is 0 Å². The summed E-state index contributed by atoms with van der Waals surface area (Å²) in [6, 6.07) is 8.16. The molecular formula is C12H15NO2. The molecule has 3 rings (SSSR count). The van der Waals surface area contributed by atoms with Crippen molar-refractivity contribution in [2.24, 2.45) is 5.73 Å². The van der Waals surface area contributed by atoms with Gasteiger partial charge in [0.2, 0.25) is 0 Å². The van der Waals surface area contributed by atoms with E-state index in [0.717, 1.165) is 37.2 Å². The van der Waals surface area contributed by atoms with Crippen LogP contribution in [-0.2, 0) is 0 Å². The highest BCUT2D eigenvalue weighted by molar-refractivity contribution is 5.42. The van der Waals surface area contributed by atoms with Gasteiger partial charge in [-0.15, -0.1) is 0 Å². The maximum Gasteiger partial charge on any atom is 0.251 e. The second-order valence-electron chi connectivity index (χ2n) is 4.40. The zero-order valence-electron chi connectivity index (χ0n) is 8.61. The summed E-state index contributed by atoms with van der Waals surface area (Å²) in [5.41, 5.74) is 5.88. The van der Waals surface area contributed by atoms with Gasteiger partial charge in [0.15, 0.2) is 11.5 Å². The van der Waals surface area contributed by atoms with Gasteiger partial charge in [0, 0.05) is 18.9 Å². The minimum atomic E-state index is -0.417. The third-order valence-corrected chi connectivity index (χ3v) is 3.23. The molecule has 1 spiro atoms. The fraction of sp³-hybridized carbons (Fsp3) is 0.500. The normalized spacial score (nSPS) is 23.3. The Bertz CT molecular complexity index is 343. The molecule has 1 aromatic rings. The highest BCUT2D eigenvalue weighted by Gasteiger charge is 2.43. The number of ether oxygens (including phenoxy) is 2. The molecule has 1 aliphatic carbocycles. The van der Waals surface area contributed by atoms with E-state index in [-0.39, 0.29) is 0 Å². The first kappa shape index (κ1) is 9.04. The van der Waals surface area contributed by atoms with Crippen molar-refractivity contribution in [2.45, 2.75) is 37.5 Å². The molecule has 1 saturated carbocycles. The highest BCUT2D eigenvalue weighted by atomic mass is 16.7. The molecule has 0 bridgehead atoms. The third kappa shape index (κ3) is 1.47. The van der Waals surface area contributed by atoms with Crippen molar-refractivity contribution in [3.8, 4) is 11.5 Å². The Kier molecular flexibility index (Phi) is 1.89. The van der Waals surface area contributed by atoms with Crippen LogP contribution in [0.15, 0.2) is 24.3 Å². The second-order valence-corrected chi connectivity index (χ2v) is 4.40. The number of para-hydroxylation sites is 2. The smallest absolute Gasteiger partial charge is 0.251 e. The van der Waals surface area contributed by atoms with Gasteiger partial charge >= 0.3 is 0 Å². The van der Waals surface area contributed by atoms with Crippen molar-refractivity contribution in [1.82, 2.24) is 0 Å². The van der Waals surface area contributed by atoms with E-state index in [9.17, 15) is 0 Å². The van der Waals surface area contributed by atoms with Crippen LogP contribution in [0.25, 0.3) is 0 Å². The highest BCUT2D eigenvalue weighted by Crippen LogP contribution is 2.44. The average molecular weight is 205 g/mol. The maximum absolute atomic E-state index is 5.91. The summed E-state index contributed by atoms with van der Waals surface area (Å²) in [6.07, 6.45) is 3.74. The van der Waals surface area contributed by atoms with Crippen LogP contribution in [0.4, 0.5) is 0 Å². The Morgan fingerprint density at radius 3 is 2.13 bits per heavy atom. The molecule has 1 heterocycles. The molecule has 0 amide bonds. The number of hydrogen-bond donors (Lipinski definition) is 1. The molecule has 1 fully saturated rings. The van der Waals surface area contributed by atoms with Crippen molar-refractivity contribution in [3.05, 3.63) is 24.3 Å². The molecule has 1 aromatic carbocycles. The Morgan fingerprint density at radius 2 is 1.60 bits per heavy atom. The lowest BCUT2D eigenvalue weighted by atomic mass is 9.91. The van der Waals surface area contributed by atoms with Crippen LogP contribution in [-0.4, -0.2) is 11.8 Å². The first-order chi connectivity index (χ1) is 7.27. The lowest BCUT2D eigenvalue weighted by molar-refractivity contribution is -0.107. The van der Waals surface area contributed by atoms with E-state index in [4.69, 9.17) is 15.2 Å². The fourth-order valence-electron chi connectivity index (χ4n) is 2.32. The number of rotatable bonds is 0. The fourth-order valence-corrected chi connectivity index (χ4v) is 2.32. The SMILES string of the molecule is NC1CCC2(CC1)Oc1ccccc1O2. The standard InChI is InChI=1S/C12H15NO2/c13-9-5-7-12(8-6-9)14-10-3-1-2-4-11(10)15-12/h1-4,9H,5-8,13H2. The molecule has 80 valence electrons. The van der Waals surface area contributed by atoms with Crippen LogP contribution in [0, 0.1) is 0 Å². The molecule has 0 aromatic heterocycles. The molecule has 1 aliphatic heterocycles. The Morgan fingerprint density at radius 1 is 1.07 bits per heavy atom. The van der Waals surface area contributed by atoms with Gasteiger partial charge in [-0.3, -0.25) is 0 Å². The zero-order valence-corrected chi connectivity index (χ0v) is 8.61. The van der Waals surface area contributed by atoms with Gasteiger partial charge in [0.1, 0.15) is 0 Å². The van der Waals surface area contributed by atoms with Crippen LogP contribution in [0.2, 0.25) is 0 Å². The summed E-state index contributed by atoms with van der Waals surface area (Å²) < 4.78 is 11.8. The van der Waals surface area contributed by atoms with Crippen molar-refractivity contribution < 1.29 is 9.47 Å². The number of benzene rings is 1. The molecule has 0 saturated heterocycles. The molecular weight excluding hydrogens is 190 g/mol. The largest absolute Gasteiger partial charge is 0.448 e. The quantitative estimate of drug-likeness (QED) is 0.705. The van der Waals surface area contributed by atoms with Crippen molar-refractivity contribution in [2.75, 3.05) is 0 Å². The maximum atomic E-state index is 5.91. The van der Waals surface area contributed by atoms with E-state index in [1.54, 1.807) is 0 Å². The van der Waals surface area contributed by atoms with Crippen LogP contribution in [0.5, 0.6) is 11.5 Å². The summed E-state index contributed by atoms with van der Waals surface area (Å²) in [4.78, 5) is 0. The summed E-state index contributed by atoms with van der Waals surface area (Å²) >= 11 is 0. The van der Waals surface area contributed by atoms with Crippen molar-refractivity contribution in [1.29, 1.82) is 0 Å². The Hall–Kier alpha value is -1.22. The molecule has 0 radical (unpaired) electrons. The summed E-state index contributed by atoms with van der Waals surface area (Å²) in [6.45, 7) is 0. The van der Waals surface area contributed by atoms with Gasteiger partial charge in [0.25, 0.3) is 5.79 Å². The van der Waals surface area contributed by atoms with E-state index in [2.05, 4.69) is 0 Å². The van der Waals surface area contributed by atoms with E-state index in [0.29, 0.717) is 6.04 Å². The summed E-state index contributed by atoms with van der Waals surface area (Å²) in [5, 5.41) is 0. The van der Waals surface area contributed by atoms with Crippen LogP contribution in [0.1, 0.15) is 25.7 Å². The van der Waals surface area contributed by atoms with Gasteiger partial charge in [-0.1, -0.05) is 12.1 Å². The molecule has 0 unspecified atom stereocenters. The second kappa shape index (κ2) is 3.14. The number of nitrogens with two attached hydrogens (primary N) is 1. The first-order valence-electron chi connectivity index (χ1n) is 5.50. The zero-order chi connectivity index (χ0) is 10.3. The van der Waals surface area contributed by atoms with E-state index < -0.39 is 5.79 Å². The summed E-state index contributed by atoms with van der Waals surface area (Å²) in [5.74, 6) is 1.32. The van der Waals surface area contributed by atoms with Crippen molar-refractivity contribution in [3.63, 3.8) is 0 Å². The predicted molar refractivity (Wildman–Crippen MR) is 56.9 cm³/mol. The lowest BCUT2D eigenvalue weighted by Crippen LogP contribution is -2.45. The predicted octanol–water partition coefficient (Wildman–Crippen LogP) is 2.06. The first-order valence-corrected chi connectivity index (χ1v) is 5.50. The molecule has 2 N–H and O–H groups in total. The molecule has 3 heteroatoms. The number of hydrogen-bond acceptors (Lipinski definition) is 3. The van der Waals surface area contributed by atoms with Gasteiger partial charge in [0.05, 0.1) is 0 Å². The minimum Gasteiger partial charge on any atom is -0.448 e. The number of fused-ring (bicyclic) bond motifs is 1. The van der Waals surface area contributed by atoms with Crippen molar-refractivity contribution >= 4 is 0 Å². The van der Waals surface area contributed by atoms with Crippen LogP contribution >= 0.6 is 0 Å². The van der Waals surface area contributed by atoms with E-state index in [1.807, 2.05) is 24.3 Å². The molecule has 15 heavy (non-hydrogen) atoms. The molecule has 2 aliphatic rings. The monoisotopic (exact) mass is 205 g/mol. The molecule has 3 nitrogen and oxygen atoms in total. The van der Waals surface area contributed by atoms with Gasteiger partial charge in [-0.25, -0.2) is 0 Å².